The Hall–Kier alpha value is -5.02. The predicted molar refractivity (Wildman–Crippen MR) is 175 cm³/mol. The van der Waals surface area contributed by atoms with Crippen molar-refractivity contribution in [2.45, 2.75) is 19.8 Å². The van der Waals surface area contributed by atoms with Crippen molar-refractivity contribution in [3.8, 4) is 33.6 Å². The van der Waals surface area contributed by atoms with E-state index in [1.807, 2.05) is 38.6 Å². The molecule has 9 heteroatoms. The Kier molecular flexibility index (Phi) is 7.89. The first-order valence-electron chi connectivity index (χ1n) is 14.4. The Bertz CT molecular complexity index is 1920. The number of nitrogens with zero attached hydrogens (tertiary/aromatic N) is 4. The third-order valence-electron chi connectivity index (χ3n) is 7.40. The molecule has 6 aromatic rings. The summed E-state index contributed by atoms with van der Waals surface area (Å²) >= 11 is 0. The minimum atomic E-state index is -0.299. The molecule has 4 N–H and O–H groups in total. The number of halogens is 1. The van der Waals surface area contributed by atoms with Crippen molar-refractivity contribution in [2.24, 2.45) is 0 Å². The Labute approximate surface area is 250 Å². The highest BCUT2D eigenvalue weighted by molar-refractivity contribution is 6.01. The molecule has 0 amide bonds. The molecular weight excluding hydrogens is 539 g/mol. The van der Waals surface area contributed by atoms with Crippen molar-refractivity contribution in [2.75, 3.05) is 37.8 Å². The highest BCUT2D eigenvalue weighted by atomic mass is 19.1. The van der Waals surface area contributed by atoms with Crippen LogP contribution in [0.25, 0.3) is 55.4 Å². The van der Waals surface area contributed by atoms with Gasteiger partial charge in [-0.3, -0.25) is 15.1 Å². The predicted octanol–water partition coefficient (Wildman–Crippen LogP) is 7.67. The van der Waals surface area contributed by atoms with Crippen LogP contribution in [0.1, 0.15) is 19.8 Å². The lowest BCUT2D eigenvalue weighted by Crippen LogP contribution is -2.20. The molecule has 4 heterocycles. The van der Waals surface area contributed by atoms with Gasteiger partial charge in [0.25, 0.3) is 0 Å². The SMILES string of the molecule is C=C(CCC)Nc1cncc(-c2ccc3[nH]nc(-c4cc5c(-c6cc(F)cc(NCCN(C)C)c6)cncc5[nH]4)c3c2)c1. The molecule has 0 unspecified atom stereocenters. The molecule has 8 nitrogen and oxygen atoms in total. The lowest BCUT2D eigenvalue weighted by Gasteiger charge is -2.13. The van der Waals surface area contributed by atoms with E-state index in [1.165, 1.54) is 6.07 Å². The van der Waals surface area contributed by atoms with Gasteiger partial charge in [0.15, 0.2) is 0 Å². The van der Waals surface area contributed by atoms with Crippen molar-refractivity contribution < 1.29 is 4.39 Å². The number of hydrogen-bond donors (Lipinski definition) is 4. The van der Waals surface area contributed by atoms with E-state index in [1.54, 1.807) is 18.5 Å². The van der Waals surface area contributed by atoms with Crippen LogP contribution in [-0.4, -0.2) is 57.2 Å². The standard InChI is InChI=1S/C34H35FN8/c1-5-6-21(2)39-27-13-24(17-36-18-27)22-7-8-31-29(14-22)34(42-41-31)32-16-28-30(19-37-20-33(28)40-32)23-11-25(35)15-26(12-23)38-9-10-43(3)4/h7-8,11-20,38-40H,2,5-6,9-10H2,1,3-4H3,(H,41,42). The molecule has 0 saturated carbocycles. The highest BCUT2D eigenvalue weighted by Crippen LogP contribution is 2.36. The minimum absolute atomic E-state index is 0.299. The van der Waals surface area contributed by atoms with E-state index >= 15 is 0 Å². The number of fused-ring (bicyclic) bond motifs is 2. The van der Waals surface area contributed by atoms with Crippen LogP contribution in [-0.2, 0) is 0 Å². The second-order valence-corrected chi connectivity index (χ2v) is 11.1. The van der Waals surface area contributed by atoms with E-state index in [4.69, 9.17) is 0 Å². The van der Waals surface area contributed by atoms with Gasteiger partial charge in [-0.25, -0.2) is 4.39 Å². The van der Waals surface area contributed by atoms with Crippen molar-refractivity contribution in [3.05, 3.63) is 91.4 Å². The molecule has 218 valence electrons. The maximum Gasteiger partial charge on any atom is 0.125 e. The van der Waals surface area contributed by atoms with Crippen LogP contribution in [0.15, 0.2) is 85.6 Å². The molecule has 0 saturated heterocycles. The summed E-state index contributed by atoms with van der Waals surface area (Å²) in [5, 5.41) is 16.4. The van der Waals surface area contributed by atoms with E-state index in [9.17, 15) is 4.39 Å². The monoisotopic (exact) mass is 574 g/mol. The van der Waals surface area contributed by atoms with Crippen LogP contribution in [0.4, 0.5) is 15.8 Å². The number of pyridine rings is 2. The van der Waals surface area contributed by atoms with E-state index < -0.39 is 0 Å². The summed E-state index contributed by atoms with van der Waals surface area (Å²) in [6.45, 7) is 7.80. The van der Waals surface area contributed by atoms with Crippen LogP contribution >= 0.6 is 0 Å². The van der Waals surface area contributed by atoms with Crippen LogP contribution in [0.3, 0.4) is 0 Å². The number of H-pyrrole nitrogens is 2. The summed E-state index contributed by atoms with van der Waals surface area (Å²) in [5.41, 5.74) is 9.65. The van der Waals surface area contributed by atoms with Gasteiger partial charge in [-0.2, -0.15) is 5.10 Å². The average Bonchev–Trinajstić information content (AvgIpc) is 3.60. The fourth-order valence-electron chi connectivity index (χ4n) is 5.31. The van der Waals surface area contributed by atoms with Crippen LogP contribution < -0.4 is 10.6 Å². The van der Waals surface area contributed by atoms with Gasteiger partial charge in [-0.15, -0.1) is 0 Å². The van der Waals surface area contributed by atoms with Crippen LogP contribution in [0.2, 0.25) is 0 Å². The number of likely N-dealkylation sites (N-methyl/N-ethyl adjacent to an activating group) is 1. The number of hydrogen-bond acceptors (Lipinski definition) is 6. The number of benzene rings is 2. The zero-order chi connectivity index (χ0) is 29.9. The molecule has 0 atom stereocenters. The summed E-state index contributed by atoms with van der Waals surface area (Å²) in [5.74, 6) is -0.299. The van der Waals surface area contributed by atoms with Gasteiger partial charge in [-0.1, -0.05) is 26.0 Å². The van der Waals surface area contributed by atoms with Crippen LogP contribution in [0, 0.1) is 5.82 Å². The smallest absolute Gasteiger partial charge is 0.125 e. The van der Waals surface area contributed by atoms with Crippen LogP contribution in [0.5, 0.6) is 0 Å². The summed E-state index contributed by atoms with van der Waals surface area (Å²) in [4.78, 5) is 14.5. The number of aromatic amines is 2. The third-order valence-corrected chi connectivity index (χ3v) is 7.40. The molecule has 0 aliphatic heterocycles. The second kappa shape index (κ2) is 12.1. The number of allylic oxidation sites excluding steroid dienone is 1. The highest BCUT2D eigenvalue weighted by Gasteiger charge is 2.16. The molecule has 0 bridgehead atoms. The molecule has 43 heavy (non-hydrogen) atoms. The van der Waals surface area contributed by atoms with E-state index in [0.29, 0.717) is 6.54 Å². The summed E-state index contributed by atoms with van der Waals surface area (Å²) in [6, 6.07) is 15.4. The first-order valence-corrected chi connectivity index (χ1v) is 14.4. The van der Waals surface area contributed by atoms with Gasteiger partial charge in [0, 0.05) is 58.8 Å². The largest absolute Gasteiger partial charge is 0.384 e. The summed E-state index contributed by atoms with van der Waals surface area (Å²) < 4.78 is 14.7. The lowest BCUT2D eigenvalue weighted by molar-refractivity contribution is 0.425. The fourth-order valence-corrected chi connectivity index (χ4v) is 5.31. The van der Waals surface area contributed by atoms with Gasteiger partial charge in [-0.05, 0) is 74.1 Å². The number of anilines is 2. The molecule has 6 rings (SSSR count). The summed E-state index contributed by atoms with van der Waals surface area (Å²) in [6.07, 6.45) is 9.17. The topological polar surface area (TPSA) is 97.5 Å². The number of nitrogens with one attached hydrogen (secondary N) is 4. The molecule has 4 aromatic heterocycles. The Balaban J connectivity index is 1.35. The van der Waals surface area contributed by atoms with Crippen molar-refractivity contribution in [3.63, 3.8) is 0 Å². The van der Waals surface area contributed by atoms with Gasteiger partial charge >= 0.3 is 0 Å². The molecule has 0 aliphatic carbocycles. The maximum atomic E-state index is 14.7. The molecule has 2 aromatic carbocycles. The molecule has 0 fully saturated rings. The Morgan fingerprint density at radius 2 is 1.72 bits per heavy atom. The van der Waals surface area contributed by atoms with Gasteiger partial charge < -0.3 is 20.5 Å². The van der Waals surface area contributed by atoms with Crippen molar-refractivity contribution in [1.82, 2.24) is 30.0 Å². The fraction of sp³-hybridized carbons (Fsp3) is 0.206. The van der Waals surface area contributed by atoms with Gasteiger partial charge in [0.2, 0.25) is 0 Å². The first-order chi connectivity index (χ1) is 20.9. The molecule has 0 aliphatic rings. The zero-order valence-corrected chi connectivity index (χ0v) is 24.6. The zero-order valence-electron chi connectivity index (χ0n) is 24.6. The van der Waals surface area contributed by atoms with E-state index in [-0.39, 0.29) is 5.82 Å². The van der Waals surface area contributed by atoms with Crippen molar-refractivity contribution >= 4 is 33.2 Å². The third kappa shape index (κ3) is 6.12. The minimum Gasteiger partial charge on any atom is -0.384 e. The maximum absolute atomic E-state index is 14.7. The lowest BCUT2D eigenvalue weighted by atomic mass is 10.0. The van der Waals surface area contributed by atoms with E-state index in [2.05, 4.69) is 78.5 Å². The molecule has 0 spiro atoms. The number of aromatic nitrogens is 5. The Morgan fingerprint density at radius 1 is 0.884 bits per heavy atom. The van der Waals surface area contributed by atoms with Crippen molar-refractivity contribution in [1.29, 1.82) is 0 Å². The normalized spacial score (nSPS) is 11.5. The average molecular weight is 575 g/mol. The number of rotatable bonds is 11. The first kappa shape index (κ1) is 28.1. The van der Waals surface area contributed by atoms with E-state index in [0.717, 1.165) is 91.9 Å². The second-order valence-electron chi connectivity index (χ2n) is 11.1. The Morgan fingerprint density at radius 3 is 2.56 bits per heavy atom. The summed E-state index contributed by atoms with van der Waals surface area (Å²) in [7, 11) is 4.02. The molecular formula is C34H35FN8. The quantitative estimate of drug-likeness (QED) is 0.127. The van der Waals surface area contributed by atoms with Gasteiger partial charge in [0.05, 0.1) is 34.8 Å². The van der Waals surface area contributed by atoms with Gasteiger partial charge in [0.1, 0.15) is 11.5 Å². The molecule has 0 radical (unpaired) electrons.